The van der Waals surface area contributed by atoms with Crippen LogP contribution in [0.5, 0.6) is 0 Å². The van der Waals surface area contributed by atoms with Crippen molar-refractivity contribution in [1.82, 2.24) is 16.0 Å². The van der Waals surface area contributed by atoms with Crippen molar-refractivity contribution in [3.63, 3.8) is 0 Å². The molecule has 3 N–H and O–H groups in total. The summed E-state index contributed by atoms with van der Waals surface area (Å²) in [7, 11) is 3.48. The van der Waals surface area contributed by atoms with Gasteiger partial charge in [-0.3, -0.25) is 0 Å². The van der Waals surface area contributed by atoms with Crippen molar-refractivity contribution in [2.45, 2.75) is 6.92 Å². The van der Waals surface area contributed by atoms with Crippen LogP contribution in [0.4, 0.5) is 0 Å². The highest BCUT2D eigenvalue weighted by Gasteiger charge is 1.87. The maximum absolute atomic E-state index is 4.84. The number of hydrogen-bond donors (Lipinski definition) is 3. The summed E-state index contributed by atoms with van der Waals surface area (Å²) in [4.78, 5) is 0. The van der Waals surface area contributed by atoms with Crippen LogP contribution in [0.15, 0.2) is 24.4 Å². The average molecular weight is 185 g/mol. The number of hydrogen-bond acceptors (Lipinski definition) is 4. The highest BCUT2D eigenvalue weighted by Crippen LogP contribution is 1.81. The quantitative estimate of drug-likeness (QED) is 0.396. The Morgan fingerprint density at radius 3 is 2.69 bits per heavy atom. The van der Waals surface area contributed by atoms with Gasteiger partial charge in [0.25, 0.3) is 0 Å². The van der Waals surface area contributed by atoms with Crippen molar-refractivity contribution >= 4 is 0 Å². The standard InChI is InChI=1S/C9H19N3O/c1-8(10-3)7-11-5-6-12-9(2)13-4/h7,10-12H,2,5-6H2,1,3-4H3/b8-7+. The van der Waals surface area contributed by atoms with Crippen LogP contribution in [0, 0.1) is 0 Å². The fourth-order valence-corrected chi connectivity index (χ4v) is 0.644. The van der Waals surface area contributed by atoms with Crippen LogP contribution in [-0.2, 0) is 4.74 Å². The SMILES string of the molecule is C=C(NCCN/C=C(\C)NC)OC. The van der Waals surface area contributed by atoms with Crippen LogP contribution in [0.3, 0.4) is 0 Å². The summed E-state index contributed by atoms with van der Waals surface area (Å²) < 4.78 is 4.84. The zero-order chi connectivity index (χ0) is 10.1. The zero-order valence-electron chi connectivity index (χ0n) is 8.61. The molecule has 0 aliphatic carbocycles. The molecule has 13 heavy (non-hydrogen) atoms. The van der Waals surface area contributed by atoms with Gasteiger partial charge >= 0.3 is 0 Å². The van der Waals surface area contributed by atoms with E-state index in [-0.39, 0.29) is 0 Å². The van der Waals surface area contributed by atoms with Crippen molar-refractivity contribution in [2.24, 2.45) is 0 Å². The maximum Gasteiger partial charge on any atom is 0.178 e. The third-order valence-corrected chi connectivity index (χ3v) is 1.55. The molecule has 0 aliphatic rings. The van der Waals surface area contributed by atoms with Gasteiger partial charge in [-0.05, 0) is 13.5 Å². The number of methoxy groups -OCH3 is 1. The summed E-state index contributed by atoms with van der Waals surface area (Å²) in [5, 5.41) is 9.14. The van der Waals surface area contributed by atoms with E-state index < -0.39 is 0 Å². The van der Waals surface area contributed by atoms with E-state index in [9.17, 15) is 0 Å². The van der Waals surface area contributed by atoms with E-state index in [1.54, 1.807) is 7.11 Å². The van der Waals surface area contributed by atoms with Gasteiger partial charge in [-0.15, -0.1) is 0 Å². The lowest BCUT2D eigenvalue weighted by molar-refractivity contribution is 0.264. The van der Waals surface area contributed by atoms with Gasteiger partial charge in [-0.25, -0.2) is 0 Å². The molecule has 0 heterocycles. The summed E-state index contributed by atoms with van der Waals surface area (Å²) >= 11 is 0. The predicted octanol–water partition coefficient (Wildman–Crippen LogP) is 0.364. The van der Waals surface area contributed by atoms with Gasteiger partial charge in [-0.2, -0.15) is 0 Å². The molecule has 4 heteroatoms. The number of allylic oxidation sites excluding steroid dienone is 1. The van der Waals surface area contributed by atoms with Gasteiger partial charge in [0.2, 0.25) is 0 Å². The maximum atomic E-state index is 4.84. The van der Waals surface area contributed by atoms with E-state index in [0.717, 1.165) is 18.8 Å². The van der Waals surface area contributed by atoms with Gasteiger partial charge < -0.3 is 20.7 Å². The summed E-state index contributed by atoms with van der Waals surface area (Å²) in [5.74, 6) is 0.594. The molecule has 0 amide bonds. The first-order chi connectivity index (χ1) is 6.20. The monoisotopic (exact) mass is 185 g/mol. The number of nitrogens with one attached hydrogen (secondary N) is 3. The first-order valence-corrected chi connectivity index (χ1v) is 4.25. The molecule has 4 nitrogen and oxygen atoms in total. The van der Waals surface area contributed by atoms with E-state index in [0.29, 0.717) is 5.88 Å². The minimum Gasteiger partial charge on any atom is -0.483 e. The van der Waals surface area contributed by atoms with Crippen LogP contribution >= 0.6 is 0 Å². The lowest BCUT2D eigenvalue weighted by Crippen LogP contribution is -2.25. The van der Waals surface area contributed by atoms with Crippen LogP contribution in [0.2, 0.25) is 0 Å². The molecule has 0 saturated heterocycles. The Hall–Kier alpha value is -1.32. The van der Waals surface area contributed by atoms with Crippen LogP contribution in [-0.4, -0.2) is 27.2 Å². The average Bonchev–Trinajstić information content (AvgIpc) is 2.16. The Morgan fingerprint density at radius 2 is 2.15 bits per heavy atom. The second-order valence-corrected chi connectivity index (χ2v) is 2.59. The van der Waals surface area contributed by atoms with E-state index in [1.807, 2.05) is 20.2 Å². The fraction of sp³-hybridized carbons (Fsp3) is 0.556. The normalized spacial score (nSPS) is 10.5. The van der Waals surface area contributed by atoms with Crippen LogP contribution < -0.4 is 16.0 Å². The Bertz CT molecular complexity index is 178. The molecule has 0 saturated carbocycles. The van der Waals surface area contributed by atoms with Gasteiger partial charge in [0.1, 0.15) is 0 Å². The molecule has 0 aromatic rings. The van der Waals surface area contributed by atoms with E-state index >= 15 is 0 Å². The van der Waals surface area contributed by atoms with Gasteiger partial charge in [0.15, 0.2) is 5.88 Å². The topological polar surface area (TPSA) is 45.3 Å². The first kappa shape index (κ1) is 11.7. The fourth-order valence-electron chi connectivity index (χ4n) is 0.644. The Labute approximate surface area is 80.0 Å². The Morgan fingerprint density at radius 1 is 1.46 bits per heavy atom. The molecule has 76 valence electrons. The minimum absolute atomic E-state index is 0.594. The molecular formula is C9H19N3O. The first-order valence-electron chi connectivity index (χ1n) is 4.25. The molecule has 0 aliphatic heterocycles. The molecule has 0 unspecified atom stereocenters. The number of ether oxygens (including phenoxy) is 1. The summed E-state index contributed by atoms with van der Waals surface area (Å²) in [6.45, 7) is 7.25. The molecule has 0 radical (unpaired) electrons. The lowest BCUT2D eigenvalue weighted by Gasteiger charge is -2.07. The molecular weight excluding hydrogens is 166 g/mol. The highest BCUT2D eigenvalue weighted by atomic mass is 16.5. The summed E-state index contributed by atoms with van der Waals surface area (Å²) in [5.41, 5.74) is 1.10. The van der Waals surface area contributed by atoms with Crippen molar-refractivity contribution < 1.29 is 4.74 Å². The van der Waals surface area contributed by atoms with E-state index in [4.69, 9.17) is 4.74 Å². The number of rotatable bonds is 7. The molecule has 0 atom stereocenters. The lowest BCUT2D eigenvalue weighted by atomic mass is 10.5. The smallest absolute Gasteiger partial charge is 0.178 e. The molecule has 0 aromatic heterocycles. The molecule has 0 spiro atoms. The summed E-state index contributed by atoms with van der Waals surface area (Å²) in [6, 6.07) is 0. The van der Waals surface area contributed by atoms with E-state index in [1.165, 1.54) is 0 Å². The van der Waals surface area contributed by atoms with Gasteiger partial charge in [0, 0.05) is 32.0 Å². The van der Waals surface area contributed by atoms with Gasteiger partial charge in [0.05, 0.1) is 7.11 Å². The van der Waals surface area contributed by atoms with Crippen molar-refractivity contribution in [3.05, 3.63) is 24.4 Å². The van der Waals surface area contributed by atoms with Crippen LogP contribution in [0.25, 0.3) is 0 Å². The highest BCUT2D eigenvalue weighted by molar-refractivity contribution is 4.92. The largest absolute Gasteiger partial charge is 0.483 e. The third kappa shape index (κ3) is 7.05. The van der Waals surface area contributed by atoms with E-state index in [2.05, 4.69) is 22.5 Å². The molecule has 0 aromatic carbocycles. The molecule has 0 bridgehead atoms. The van der Waals surface area contributed by atoms with Crippen molar-refractivity contribution in [2.75, 3.05) is 27.2 Å². The molecule has 0 fully saturated rings. The van der Waals surface area contributed by atoms with Crippen molar-refractivity contribution in [1.29, 1.82) is 0 Å². The zero-order valence-corrected chi connectivity index (χ0v) is 8.61. The van der Waals surface area contributed by atoms with Crippen molar-refractivity contribution in [3.8, 4) is 0 Å². The molecule has 0 rings (SSSR count). The predicted molar refractivity (Wildman–Crippen MR) is 55.0 cm³/mol. The Balaban J connectivity index is 3.31. The summed E-state index contributed by atoms with van der Waals surface area (Å²) in [6.07, 6.45) is 1.93. The third-order valence-electron chi connectivity index (χ3n) is 1.55. The Kier molecular flexibility index (Phi) is 6.59. The second-order valence-electron chi connectivity index (χ2n) is 2.59. The minimum atomic E-state index is 0.594. The second kappa shape index (κ2) is 7.34. The van der Waals surface area contributed by atoms with Crippen LogP contribution in [0.1, 0.15) is 6.92 Å². The van der Waals surface area contributed by atoms with Gasteiger partial charge in [-0.1, -0.05) is 0 Å².